The normalized spacial score (nSPS) is 11.8. The number of benzene rings is 1. The summed E-state index contributed by atoms with van der Waals surface area (Å²) in [7, 11) is 3.50. The number of carboxylic acid groups (broad SMARTS) is 1. The molecule has 0 spiro atoms. The van der Waals surface area contributed by atoms with Crippen LogP contribution in [0.2, 0.25) is 0 Å². The Morgan fingerprint density at radius 3 is 2.29 bits per heavy atom. The van der Waals surface area contributed by atoms with Gasteiger partial charge in [0.25, 0.3) is 0 Å². The molecule has 118 valence electrons. The fourth-order valence-corrected chi connectivity index (χ4v) is 1.71. The number of likely N-dealkylation sites (N-methyl/N-ethyl adjacent to an activating group) is 1. The maximum absolute atomic E-state index is 13.9. The van der Waals surface area contributed by atoms with Crippen molar-refractivity contribution in [2.45, 2.75) is 6.18 Å². The molecule has 0 saturated carbocycles. The van der Waals surface area contributed by atoms with Crippen molar-refractivity contribution in [2.24, 2.45) is 0 Å². The van der Waals surface area contributed by atoms with Crippen LogP contribution in [0.15, 0.2) is 18.2 Å². The number of aliphatic carboxylic acids is 1. The lowest BCUT2D eigenvalue weighted by molar-refractivity contribution is -0.138. The van der Waals surface area contributed by atoms with Gasteiger partial charge in [-0.2, -0.15) is 13.2 Å². The van der Waals surface area contributed by atoms with E-state index in [9.17, 15) is 22.4 Å². The molecule has 0 bridgehead atoms. The molecule has 0 atom stereocenters. The highest BCUT2D eigenvalue weighted by Crippen LogP contribution is 2.32. The van der Waals surface area contributed by atoms with Gasteiger partial charge in [-0.25, -0.2) is 4.39 Å². The SMILES string of the molecule is CN(C)CCN(CC(=O)O)c1ccc(C(F)(F)F)cc1F. The van der Waals surface area contributed by atoms with E-state index in [2.05, 4.69) is 0 Å². The van der Waals surface area contributed by atoms with Crippen LogP contribution in [0.3, 0.4) is 0 Å². The van der Waals surface area contributed by atoms with E-state index in [0.717, 1.165) is 12.1 Å². The van der Waals surface area contributed by atoms with Crippen molar-refractivity contribution in [2.75, 3.05) is 38.6 Å². The molecular formula is C13H16F4N2O2. The Bertz CT molecular complexity index is 503. The van der Waals surface area contributed by atoms with Crippen molar-refractivity contribution in [1.82, 2.24) is 4.90 Å². The lowest BCUT2D eigenvalue weighted by Gasteiger charge is -2.25. The Hall–Kier alpha value is -1.83. The number of anilines is 1. The summed E-state index contributed by atoms with van der Waals surface area (Å²) in [5.41, 5.74) is -1.26. The van der Waals surface area contributed by atoms with Crippen molar-refractivity contribution >= 4 is 11.7 Å². The van der Waals surface area contributed by atoms with Crippen molar-refractivity contribution < 1.29 is 27.5 Å². The van der Waals surface area contributed by atoms with Gasteiger partial charge in [0.2, 0.25) is 0 Å². The predicted octanol–water partition coefficient (Wildman–Crippen LogP) is 2.30. The van der Waals surface area contributed by atoms with Crippen LogP contribution in [0.1, 0.15) is 5.56 Å². The van der Waals surface area contributed by atoms with E-state index in [4.69, 9.17) is 5.11 Å². The molecule has 8 heteroatoms. The topological polar surface area (TPSA) is 43.8 Å². The van der Waals surface area contributed by atoms with Gasteiger partial charge in [0.1, 0.15) is 12.4 Å². The summed E-state index contributed by atoms with van der Waals surface area (Å²) in [6.07, 6.45) is -4.64. The lowest BCUT2D eigenvalue weighted by atomic mass is 10.1. The van der Waals surface area contributed by atoms with Crippen LogP contribution in [-0.2, 0) is 11.0 Å². The van der Waals surface area contributed by atoms with E-state index in [0.29, 0.717) is 12.6 Å². The first kappa shape index (κ1) is 17.2. The van der Waals surface area contributed by atoms with Gasteiger partial charge >= 0.3 is 12.1 Å². The van der Waals surface area contributed by atoms with Gasteiger partial charge in [-0.05, 0) is 32.3 Å². The van der Waals surface area contributed by atoms with Gasteiger partial charge in [-0.15, -0.1) is 0 Å². The number of halogens is 4. The minimum atomic E-state index is -4.64. The first-order valence-corrected chi connectivity index (χ1v) is 6.09. The second kappa shape index (κ2) is 6.75. The largest absolute Gasteiger partial charge is 0.480 e. The van der Waals surface area contributed by atoms with Gasteiger partial charge in [0.05, 0.1) is 11.3 Å². The van der Waals surface area contributed by atoms with Crippen LogP contribution in [0.25, 0.3) is 0 Å². The molecule has 0 fully saturated rings. The van der Waals surface area contributed by atoms with Gasteiger partial charge in [0, 0.05) is 13.1 Å². The summed E-state index contributed by atoms with van der Waals surface area (Å²) in [5, 5.41) is 8.83. The van der Waals surface area contributed by atoms with Gasteiger partial charge < -0.3 is 14.9 Å². The summed E-state index contributed by atoms with van der Waals surface area (Å²) in [5.74, 6) is -2.28. The Labute approximate surface area is 119 Å². The molecule has 4 nitrogen and oxygen atoms in total. The highest BCUT2D eigenvalue weighted by atomic mass is 19.4. The van der Waals surface area contributed by atoms with Gasteiger partial charge in [-0.3, -0.25) is 4.79 Å². The summed E-state index contributed by atoms with van der Waals surface area (Å²) >= 11 is 0. The zero-order chi connectivity index (χ0) is 16.2. The van der Waals surface area contributed by atoms with E-state index >= 15 is 0 Å². The molecule has 1 rings (SSSR count). The molecule has 0 amide bonds. The number of carbonyl (C=O) groups is 1. The quantitative estimate of drug-likeness (QED) is 0.819. The third kappa shape index (κ3) is 5.22. The number of alkyl halides is 3. The molecule has 1 aromatic rings. The average molecular weight is 308 g/mol. The van der Waals surface area contributed by atoms with E-state index in [1.54, 1.807) is 19.0 Å². The van der Waals surface area contributed by atoms with Crippen molar-refractivity contribution in [3.05, 3.63) is 29.6 Å². The van der Waals surface area contributed by atoms with Crippen molar-refractivity contribution in [1.29, 1.82) is 0 Å². The molecule has 0 heterocycles. The van der Waals surface area contributed by atoms with Crippen LogP contribution in [0.4, 0.5) is 23.2 Å². The molecule has 1 N–H and O–H groups in total. The van der Waals surface area contributed by atoms with E-state index in [1.807, 2.05) is 0 Å². The van der Waals surface area contributed by atoms with Crippen LogP contribution < -0.4 is 4.90 Å². The lowest BCUT2D eigenvalue weighted by Crippen LogP contribution is -2.36. The van der Waals surface area contributed by atoms with Crippen LogP contribution in [0, 0.1) is 5.82 Å². The standard InChI is InChI=1S/C13H16F4N2O2/c1-18(2)5-6-19(8-12(20)21)11-4-3-9(7-10(11)14)13(15,16)17/h3-4,7H,5-6,8H2,1-2H3,(H,20,21). The number of rotatable bonds is 6. The second-order valence-electron chi connectivity index (χ2n) is 4.78. The predicted molar refractivity (Wildman–Crippen MR) is 69.8 cm³/mol. The average Bonchev–Trinajstić information content (AvgIpc) is 2.32. The maximum atomic E-state index is 13.9. The number of carboxylic acids is 1. The Morgan fingerprint density at radius 2 is 1.86 bits per heavy atom. The van der Waals surface area contributed by atoms with E-state index < -0.39 is 30.1 Å². The highest BCUT2D eigenvalue weighted by Gasteiger charge is 2.31. The molecule has 0 unspecified atom stereocenters. The van der Waals surface area contributed by atoms with Gasteiger partial charge in [-0.1, -0.05) is 0 Å². The Morgan fingerprint density at radius 1 is 1.24 bits per heavy atom. The minimum absolute atomic E-state index is 0.160. The summed E-state index contributed by atoms with van der Waals surface area (Å²) in [6.45, 7) is 0.130. The second-order valence-corrected chi connectivity index (χ2v) is 4.78. The van der Waals surface area contributed by atoms with Gasteiger partial charge in [0.15, 0.2) is 0 Å². The summed E-state index contributed by atoms with van der Waals surface area (Å²) < 4.78 is 51.3. The molecule has 0 aliphatic carbocycles. The number of hydrogen-bond donors (Lipinski definition) is 1. The number of nitrogens with zero attached hydrogens (tertiary/aromatic N) is 2. The molecule has 0 saturated heterocycles. The maximum Gasteiger partial charge on any atom is 0.416 e. The molecule has 21 heavy (non-hydrogen) atoms. The fourth-order valence-electron chi connectivity index (χ4n) is 1.71. The van der Waals surface area contributed by atoms with Crippen LogP contribution in [0.5, 0.6) is 0 Å². The summed E-state index contributed by atoms with van der Waals surface area (Å²) in [6, 6.07) is 2.07. The van der Waals surface area contributed by atoms with Crippen LogP contribution >= 0.6 is 0 Å². The zero-order valence-electron chi connectivity index (χ0n) is 11.6. The molecular weight excluding hydrogens is 292 g/mol. The molecule has 0 aromatic heterocycles. The van der Waals surface area contributed by atoms with Crippen molar-refractivity contribution in [3.8, 4) is 0 Å². The Balaban J connectivity index is 3.04. The zero-order valence-corrected chi connectivity index (χ0v) is 11.6. The fraction of sp³-hybridized carbons (Fsp3) is 0.462. The molecule has 0 aliphatic heterocycles. The van der Waals surface area contributed by atoms with Crippen molar-refractivity contribution in [3.63, 3.8) is 0 Å². The third-order valence-electron chi connectivity index (χ3n) is 2.76. The van der Waals surface area contributed by atoms with E-state index in [-0.39, 0.29) is 12.2 Å². The third-order valence-corrected chi connectivity index (χ3v) is 2.76. The van der Waals surface area contributed by atoms with E-state index in [1.165, 1.54) is 4.90 Å². The molecule has 1 aromatic carbocycles. The van der Waals surface area contributed by atoms with Crippen LogP contribution in [-0.4, -0.2) is 49.7 Å². The molecule has 0 aliphatic rings. The first-order valence-electron chi connectivity index (χ1n) is 6.09. The summed E-state index contributed by atoms with van der Waals surface area (Å²) in [4.78, 5) is 13.8. The molecule has 0 radical (unpaired) electrons. The highest BCUT2D eigenvalue weighted by molar-refractivity contribution is 5.73. The first-order chi connectivity index (χ1) is 9.61. The smallest absolute Gasteiger partial charge is 0.416 e. The minimum Gasteiger partial charge on any atom is -0.480 e. The Kier molecular flexibility index (Phi) is 5.54. The monoisotopic (exact) mass is 308 g/mol. The number of hydrogen-bond acceptors (Lipinski definition) is 3.